The van der Waals surface area contributed by atoms with E-state index in [1.165, 1.54) is 13.1 Å². The van der Waals surface area contributed by atoms with Crippen LogP contribution < -0.4 is 11.2 Å². The third-order valence-corrected chi connectivity index (χ3v) is 6.35. The van der Waals surface area contributed by atoms with Gasteiger partial charge in [0.15, 0.2) is 0 Å². The molecular formula is C16H17ClF3N3O4S. The number of rotatable bonds is 5. The van der Waals surface area contributed by atoms with Gasteiger partial charge in [0.25, 0.3) is 5.56 Å². The Hall–Kier alpha value is -2.11. The van der Waals surface area contributed by atoms with E-state index in [1.807, 2.05) is 0 Å². The highest BCUT2D eigenvalue weighted by atomic mass is 35.5. The van der Waals surface area contributed by atoms with E-state index in [2.05, 4.69) is 0 Å². The summed E-state index contributed by atoms with van der Waals surface area (Å²) in [5.41, 5.74) is -4.15. The van der Waals surface area contributed by atoms with E-state index in [4.69, 9.17) is 11.6 Å². The SMILES string of the molecule is CCCN(C)S(=O)(=O)c1cc(-n2c(=O)cc(C(F)(F)F)n(C)c2=O)ccc1Cl. The Morgan fingerprint density at radius 1 is 1.18 bits per heavy atom. The number of alkyl halides is 3. The summed E-state index contributed by atoms with van der Waals surface area (Å²) in [4.78, 5) is 24.2. The summed E-state index contributed by atoms with van der Waals surface area (Å²) in [6.07, 6.45) is -4.37. The third kappa shape index (κ3) is 4.01. The molecule has 0 unspecified atom stereocenters. The topological polar surface area (TPSA) is 81.4 Å². The van der Waals surface area contributed by atoms with Crippen molar-refractivity contribution < 1.29 is 21.6 Å². The van der Waals surface area contributed by atoms with Gasteiger partial charge in [0, 0.05) is 26.7 Å². The van der Waals surface area contributed by atoms with Crippen LogP contribution in [0.4, 0.5) is 13.2 Å². The fourth-order valence-corrected chi connectivity index (χ4v) is 4.32. The molecule has 0 fully saturated rings. The molecule has 0 aliphatic carbocycles. The van der Waals surface area contributed by atoms with E-state index in [0.717, 1.165) is 23.5 Å². The molecule has 154 valence electrons. The molecule has 0 aliphatic rings. The lowest BCUT2D eigenvalue weighted by Crippen LogP contribution is -2.40. The average molecular weight is 440 g/mol. The summed E-state index contributed by atoms with van der Waals surface area (Å²) in [7, 11) is -1.83. The maximum Gasteiger partial charge on any atom is 0.431 e. The molecule has 0 saturated carbocycles. The van der Waals surface area contributed by atoms with Gasteiger partial charge in [-0.2, -0.15) is 13.2 Å². The van der Waals surface area contributed by atoms with E-state index in [0.29, 0.717) is 11.0 Å². The number of aromatic nitrogens is 2. The van der Waals surface area contributed by atoms with Crippen LogP contribution in [0, 0.1) is 0 Å². The Bertz CT molecular complexity index is 1120. The number of hydrogen-bond acceptors (Lipinski definition) is 4. The normalized spacial score (nSPS) is 12.6. The predicted octanol–water partition coefficient (Wildman–Crippen LogP) is 2.24. The second-order valence-electron chi connectivity index (χ2n) is 5.98. The second-order valence-corrected chi connectivity index (χ2v) is 8.40. The molecule has 1 heterocycles. The van der Waals surface area contributed by atoms with Gasteiger partial charge in [0.2, 0.25) is 10.0 Å². The number of nitrogens with zero attached hydrogens (tertiary/aromatic N) is 3. The smallest absolute Gasteiger partial charge is 0.292 e. The molecule has 0 atom stereocenters. The molecule has 0 spiro atoms. The molecule has 2 rings (SSSR count). The Balaban J connectivity index is 2.75. The second kappa shape index (κ2) is 7.72. The van der Waals surface area contributed by atoms with Crippen LogP contribution in [0.25, 0.3) is 5.69 Å². The van der Waals surface area contributed by atoms with Crippen LogP contribution in [-0.2, 0) is 23.2 Å². The van der Waals surface area contributed by atoms with Crippen LogP contribution in [0.3, 0.4) is 0 Å². The van der Waals surface area contributed by atoms with Crippen molar-refractivity contribution in [1.82, 2.24) is 13.4 Å². The number of halogens is 4. The zero-order valence-corrected chi connectivity index (χ0v) is 16.7. The van der Waals surface area contributed by atoms with Crippen LogP contribution in [0.1, 0.15) is 19.0 Å². The quantitative estimate of drug-likeness (QED) is 0.715. The zero-order valence-electron chi connectivity index (χ0n) is 15.1. The van der Waals surface area contributed by atoms with E-state index < -0.39 is 33.1 Å². The van der Waals surface area contributed by atoms with Crippen LogP contribution in [0.2, 0.25) is 5.02 Å². The summed E-state index contributed by atoms with van der Waals surface area (Å²) in [5, 5.41) is -0.150. The van der Waals surface area contributed by atoms with Crippen LogP contribution in [-0.4, -0.2) is 35.4 Å². The van der Waals surface area contributed by atoms with Gasteiger partial charge in [0.05, 0.1) is 10.7 Å². The van der Waals surface area contributed by atoms with Gasteiger partial charge >= 0.3 is 11.9 Å². The van der Waals surface area contributed by atoms with Crippen molar-refractivity contribution in [2.24, 2.45) is 7.05 Å². The molecule has 0 N–H and O–H groups in total. The first-order valence-corrected chi connectivity index (χ1v) is 9.80. The Kier molecular flexibility index (Phi) is 6.12. The van der Waals surface area contributed by atoms with Crippen molar-refractivity contribution in [3.63, 3.8) is 0 Å². The van der Waals surface area contributed by atoms with E-state index in [-0.39, 0.29) is 32.8 Å². The molecule has 1 aromatic carbocycles. The number of sulfonamides is 1. The largest absolute Gasteiger partial charge is 0.431 e. The van der Waals surface area contributed by atoms with Crippen molar-refractivity contribution in [2.75, 3.05) is 13.6 Å². The Morgan fingerprint density at radius 3 is 2.32 bits per heavy atom. The molecule has 2 aromatic rings. The molecule has 12 heteroatoms. The van der Waals surface area contributed by atoms with E-state index in [1.54, 1.807) is 6.92 Å². The van der Waals surface area contributed by atoms with Crippen molar-refractivity contribution in [3.05, 3.63) is 55.8 Å². The van der Waals surface area contributed by atoms with Crippen LogP contribution in [0.15, 0.2) is 38.8 Å². The molecule has 1 aromatic heterocycles. The summed E-state index contributed by atoms with van der Waals surface area (Å²) < 4.78 is 66.0. The van der Waals surface area contributed by atoms with Crippen molar-refractivity contribution in [3.8, 4) is 5.69 Å². The molecule has 0 aliphatic heterocycles. The van der Waals surface area contributed by atoms with Crippen LogP contribution in [0.5, 0.6) is 0 Å². The van der Waals surface area contributed by atoms with Gasteiger partial charge in [-0.1, -0.05) is 18.5 Å². The monoisotopic (exact) mass is 439 g/mol. The van der Waals surface area contributed by atoms with Crippen molar-refractivity contribution >= 4 is 21.6 Å². The minimum Gasteiger partial charge on any atom is -0.292 e. The maximum atomic E-state index is 13.0. The predicted molar refractivity (Wildman–Crippen MR) is 97.4 cm³/mol. The van der Waals surface area contributed by atoms with Crippen LogP contribution >= 0.6 is 11.6 Å². The minimum absolute atomic E-state index is 0.150. The summed E-state index contributed by atoms with van der Waals surface area (Å²) >= 11 is 5.98. The molecule has 28 heavy (non-hydrogen) atoms. The van der Waals surface area contributed by atoms with Gasteiger partial charge in [-0.25, -0.2) is 22.1 Å². The highest BCUT2D eigenvalue weighted by Crippen LogP contribution is 2.28. The van der Waals surface area contributed by atoms with Crippen molar-refractivity contribution in [2.45, 2.75) is 24.4 Å². The summed E-state index contributed by atoms with van der Waals surface area (Å²) in [6.45, 7) is 1.97. The first-order valence-electron chi connectivity index (χ1n) is 7.99. The first-order chi connectivity index (χ1) is 12.8. The molecule has 7 nitrogen and oxygen atoms in total. The standard InChI is InChI=1S/C16H17ClF3N3O4S/c1-4-7-21(2)28(26,27)12-8-10(5-6-11(12)17)23-14(24)9-13(16(18,19)20)22(3)15(23)25/h5-6,8-9H,4,7H2,1-3H3. The fourth-order valence-electron chi connectivity index (χ4n) is 2.57. The number of hydrogen-bond donors (Lipinski definition) is 0. The molecule has 0 saturated heterocycles. The molecular weight excluding hydrogens is 423 g/mol. The Labute approximate surface area is 163 Å². The average Bonchev–Trinajstić information content (AvgIpc) is 2.58. The van der Waals surface area contributed by atoms with Gasteiger partial charge in [-0.3, -0.25) is 9.36 Å². The van der Waals surface area contributed by atoms with Gasteiger partial charge in [-0.15, -0.1) is 0 Å². The van der Waals surface area contributed by atoms with Crippen molar-refractivity contribution in [1.29, 1.82) is 0 Å². The lowest BCUT2D eigenvalue weighted by atomic mass is 10.3. The van der Waals surface area contributed by atoms with Gasteiger partial charge in [-0.05, 0) is 24.6 Å². The zero-order chi connectivity index (χ0) is 21.4. The maximum absolute atomic E-state index is 13.0. The lowest BCUT2D eigenvalue weighted by Gasteiger charge is -2.18. The molecule has 0 amide bonds. The number of benzene rings is 1. The first kappa shape index (κ1) is 22.2. The summed E-state index contributed by atoms with van der Waals surface area (Å²) in [6, 6.07) is 3.59. The Morgan fingerprint density at radius 2 is 1.79 bits per heavy atom. The molecule has 0 radical (unpaired) electrons. The van der Waals surface area contributed by atoms with E-state index in [9.17, 15) is 31.2 Å². The summed E-state index contributed by atoms with van der Waals surface area (Å²) in [5.74, 6) is 0. The lowest BCUT2D eigenvalue weighted by molar-refractivity contribution is -0.144. The highest BCUT2D eigenvalue weighted by Gasteiger charge is 2.35. The highest BCUT2D eigenvalue weighted by molar-refractivity contribution is 7.89. The van der Waals surface area contributed by atoms with Gasteiger partial charge < -0.3 is 0 Å². The molecule has 0 bridgehead atoms. The van der Waals surface area contributed by atoms with Gasteiger partial charge in [0.1, 0.15) is 10.6 Å². The minimum atomic E-state index is -4.90. The van der Waals surface area contributed by atoms with E-state index >= 15 is 0 Å². The third-order valence-electron chi connectivity index (χ3n) is 4.01. The fraction of sp³-hybridized carbons (Fsp3) is 0.375.